The van der Waals surface area contributed by atoms with E-state index in [-0.39, 0.29) is 16.5 Å². The van der Waals surface area contributed by atoms with Gasteiger partial charge in [-0.2, -0.15) is 4.98 Å². The Morgan fingerprint density at radius 2 is 2.14 bits per heavy atom. The summed E-state index contributed by atoms with van der Waals surface area (Å²) in [6.07, 6.45) is 0.226. The monoisotopic (exact) mass is 236 g/mol. The summed E-state index contributed by atoms with van der Waals surface area (Å²) in [5, 5.41) is 19.1. The summed E-state index contributed by atoms with van der Waals surface area (Å²) in [4.78, 5) is 3.84. The van der Waals surface area contributed by atoms with Crippen molar-refractivity contribution in [2.75, 3.05) is 11.9 Å². The zero-order valence-corrected chi connectivity index (χ0v) is 9.05. The van der Waals surface area contributed by atoms with E-state index in [1.807, 2.05) is 0 Å². The number of aromatic nitrogens is 3. The van der Waals surface area contributed by atoms with Gasteiger partial charge < -0.3 is 10.4 Å². The SMILES string of the molecule is CC(O)CCNc1nc(Cl)nnc1Cl. The number of nitrogens with zero attached hydrogens (tertiary/aromatic N) is 3. The average molecular weight is 237 g/mol. The van der Waals surface area contributed by atoms with Crippen molar-refractivity contribution in [2.45, 2.75) is 19.4 Å². The fraction of sp³-hybridized carbons (Fsp3) is 0.571. The van der Waals surface area contributed by atoms with E-state index in [1.165, 1.54) is 0 Å². The van der Waals surface area contributed by atoms with Crippen molar-refractivity contribution in [3.63, 3.8) is 0 Å². The molecule has 1 unspecified atom stereocenters. The highest BCUT2D eigenvalue weighted by Gasteiger charge is 2.05. The Balaban J connectivity index is 2.53. The van der Waals surface area contributed by atoms with Crippen LogP contribution in [0, 0.1) is 0 Å². The fourth-order valence-electron chi connectivity index (χ4n) is 0.805. The Morgan fingerprint density at radius 3 is 2.79 bits per heavy atom. The molecule has 0 aromatic carbocycles. The third kappa shape index (κ3) is 3.61. The topological polar surface area (TPSA) is 70.9 Å². The van der Waals surface area contributed by atoms with Gasteiger partial charge in [-0.15, -0.1) is 10.2 Å². The maximum atomic E-state index is 9.01. The van der Waals surface area contributed by atoms with Crippen LogP contribution in [0.5, 0.6) is 0 Å². The van der Waals surface area contributed by atoms with Gasteiger partial charge in [0.25, 0.3) is 0 Å². The molecular formula is C7H10Cl2N4O. The molecule has 1 heterocycles. The van der Waals surface area contributed by atoms with Crippen LogP contribution in [0.15, 0.2) is 0 Å². The van der Waals surface area contributed by atoms with Crippen LogP contribution in [-0.2, 0) is 0 Å². The molecule has 0 bridgehead atoms. The van der Waals surface area contributed by atoms with Crippen LogP contribution in [-0.4, -0.2) is 32.9 Å². The minimum atomic E-state index is -0.369. The number of nitrogens with one attached hydrogen (secondary N) is 1. The maximum Gasteiger partial charge on any atom is 0.245 e. The van der Waals surface area contributed by atoms with E-state index in [1.54, 1.807) is 6.92 Å². The van der Waals surface area contributed by atoms with Gasteiger partial charge in [-0.1, -0.05) is 11.6 Å². The predicted molar refractivity (Wildman–Crippen MR) is 54.6 cm³/mol. The fourth-order valence-corrected chi connectivity index (χ4v) is 1.07. The summed E-state index contributed by atoms with van der Waals surface area (Å²) in [7, 11) is 0. The maximum absolute atomic E-state index is 9.01. The smallest absolute Gasteiger partial charge is 0.245 e. The van der Waals surface area contributed by atoms with Crippen molar-refractivity contribution in [3.05, 3.63) is 10.4 Å². The normalized spacial score (nSPS) is 12.6. The van der Waals surface area contributed by atoms with Crippen molar-refractivity contribution in [1.82, 2.24) is 15.2 Å². The lowest BCUT2D eigenvalue weighted by molar-refractivity contribution is 0.188. The number of hydrogen-bond acceptors (Lipinski definition) is 5. The Kier molecular flexibility index (Phi) is 4.31. The van der Waals surface area contributed by atoms with E-state index >= 15 is 0 Å². The molecule has 0 saturated carbocycles. The van der Waals surface area contributed by atoms with Gasteiger partial charge in [0.05, 0.1) is 6.10 Å². The van der Waals surface area contributed by atoms with Crippen LogP contribution in [0.4, 0.5) is 5.82 Å². The lowest BCUT2D eigenvalue weighted by atomic mass is 10.3. The first kappa shape index (κ1) is 11.4. The second-order valence-electron chi connectivity index (χ2n) is 2.78. The zero-order chi connectivity index (χ0) is 10.6. The van der Waals surface area contributed by atoms with Crippen molar-refractivity contribution in [2.24, 2.45) is 0 Å². The molecule has 0 saturated heterocycles. The van der Waals surface area contributed by atoms with Gasteiger partial charge in [-0.25, -0.2) is 0 Å². The molecule has 7 heteroatoms. The summed E-state index contributed by atoms with van der Waals surface area (Å²) in [5.41, 5.74) is 0. The summed E-state index contributed by atoms with van der Waals surface area (Å²) in [6, 6.07) is 0. The number of hydrogen-bond donors (Lipinski definition) is 2. The number of aliphatic hydroxyl groups is 1. The van der Waals surface area contributed by atoms with Crippen molar-refractivity contribution in [1.29, 1.82) is 0 Å². The standard InChI is InChI=1S/C7H10Cl2N4O/c1-4(14)2-3-10-6-5(8)12-13-7(9)11-6/h4,14H,2-3H2,1H3,(H,10,11,13). The molecule has 14 heavy (non-hydrogen) atoms. The highest BCUT2D eigenvalue weighted by molar-refractivity contribution is 6.32. The quantitative estimate of drug-likeness (QED) is 0.827. The Bertz CT molecular complexity index is 308. The van der Waals surface area contributed by atoms with Crippen LogP contribution in [0.25, 0.3) is 0 Å². The van der Waals surface area contributed by atoms with Gasteiger partial charge >= 0.3 is 0 Å². The number of anilines is 1. The molecule has 2 N–H and O–H groups in total. The zero-order valence-electron chi connectivity index (χ0n) is 7.54. The van der Waals surface area contributed by atoms with E-state index in [0.717, 1.165) is 0 Å². The first-order valence-corrected chi connectivity index (χ1v) is 4.83. The Morgan fingerprint density at radius 1 is 1.43 bits per heavy atom. The van der Waals surface area contributed by atoms with Crippen LogP contribution in [0.3, 0.4) is 0 Å². The molecular weight excluding hydrogens is 227 g/mol. The molecule has 1 aromatic rings. The molecule has 0 aliphatic carbocycles. The van der Waals surface area contributed by atoms with Crippen molar-refractivity contribution in [3.8, 4) is 0 Å². The lowest BCUT2D eigenvalue weighted by Gasteiger charge is -2.07. The first-order chi connectivity index (χ1) is 6.59. The molecule has 1 aromatic heterocycles. The van der Waals surface area contributed by atoms with Gasteiger partial charge in [0.2, 0.25) is 5.28 Å². The van der Waals surface area contributed by atoms with E-state index in [0.29, 0.717) is 18.8 Å². The molecule has 0 fully saturated rings. The Hall–Kier alpha value is -0.650. The van der Waals surface area contributed by atoms with Crippen LogP contribution in [0.1, 0.15) is 13.3 Å². The van der Waals surface area contributed by atoms with Gasteiger partial charge in [-0.3, -0.25) is 0 Å². The Labute approximate surface area is 91.5 Å². The van der Waals surface area contributed by atoms with Gasteiger partial charge in [0, 0.05) is 6.54 Å². The van der Waals surface area contributed by atoms with Crippen molar-refractivity contribution >= 4 is 29.0 Å². The van der Waals surface area contributed by atoms with Crippen LogP contribution in [0.2, 0.25) is 10.4 Å². The predicted octanol–water partition coefficient (Wildman–Crippen LogP) is 1.36. The largest absolute Gasteiger partial charge is 0.393 e. The summed E-state index contributed by atoms with van der Waals surface area (Å²) < 4.78 is 0. The summed E-state index contributed by atoms with van der Waals surface area (Å²) in [6.45, 7) is 2.25. The second-order valence-corrected chi connectivity index (χ2v) is 3.48. The number of halogens is 2. The molecule has 1 atom stereocenters. The van der Waals surface area contributed by atoms with E-state index in [9.17, 15) is 0 Å². The number of rotatable bonds is 4. The van der Waals surface area contributed by atoms with Gasteiger partial charge in [0.1, 0.15) is 0 Å². The molecule has 5 nitrogen and oxygen atoms in total. The third-order valence-corrected chi connectivity index (χ3v) is 1.89. The molecule has 1 rings (SSSR count). The van der Waals surface area contributed by atoms with E-state index < -0.39 is 0 Å². The summed E-state index contributed by atoms with van der Waals surface area (Å²) >= 11 is 11.2. The lowest BCUT2D eigenvalue weighted by Crippen LogP contribution is -2.11. The number of aliphatic hydroxyl groups excluding tert-OH is 1. The van der Waals surface area contributed by atoms with Crippen LogP contribution >= 0.6 is 23.2 Å². The molecule has 0 radical (unpaired) electrons. The second kappa shape index (κ2) is 5.29. The van der Waals surface area contributed by atoms with Crippen LogP contribution < -0.4 is 5.32 Å². The highest BCUT2D eigenvalue weighted by atomic mass is 35.5. The van der Waals surface area contributed by atoms with Crippen molar-refractivity contribution < 1.29 is 5.11 Å². The molecule has 0 spiro atoms. The third-order valence-electron chi connectivity index (χ3n) is 1.47. The molecule has 78 valence electrons. The first-order valence-electron chi connectivity index (χ1n) is 4.07. The summed E-state index contributed by atoms with van der Waals surface area (Å²) in [5.74, 6) is 0.382. The van der Waals surface area contributed by atoms with E-state index in [4.69, 9.17) is 28.3 Å². The molecule has 0 aliphatic rings. The van der Waals surface area contributed by atoms with Gasteiger partial charge in [0.15, 0.2) is 11.0 Å². The highest BCUT2D eigenvalue weighted by Crippen LogP contribution is 2.16. The van der Waals surface area contributed by atoms with E-state index in [2.05, 4.69) is 20.5 Å². The molecule has 0 aliphatic heterocycles. The average Bonchev–Trinajstić information content (AvgIpc) is 2.10. The molecule has 0 amide bonds. The minimum Gasteiger partial charge on any atom is -0.393 e. The minimum absolute atomic E-state index is 0.0361. The van der Waals surface area contributed by atoms with Gasteiger partial charge in [-0.05, 0) is 24.9 Å².